The van der Waals surface area contributed by atoms with Crippen LogP contribution in [-0.2, 0) is 0 Å². The van der Waals surface area contributed by atoms with Crippen LogP contribution in [0.25, 0.3) is 0 Å². The first kappa shape index (κ1) is 8.37. The van der Waals surface area contributed by atoms with Crippen molar-refractivity contribution in [3.05, 3.63) is 0 Å². The third-order valence-electron chi connectivity index (χ3n) is 2.00. The van der Waals surface area contributed by atoms with Crippen molar-refractivity contribution in [1.29, 1.82) is 0 Å². The predicted molar refractivity (Wildman–Crippen MR) is 47.5 cm³/mol. The molecule has 0 aliphatic carbocycles. The number of nitrogens with zero attached hydrogens (tertiary/aromatic N) is 1. The summed E-state index contributed by atoms with van der Waals surface area (Å²) in [6.07, 6.45) is 1.21. The maximum absolute atomic E-state index is 5.48. The van der Waals surface area contributed by atoms with Crippen LogP contribution in [0, 0.1) is 5.92 Å². The van der Waals surface area contributed by atoms with Crippen LogP contribution < -0.4 is 5.73 Å². The molecule has 0 aromatic carbocycles. The number of hydrogen-bond acceptors (Lipinski definition) is 3. The molecule has 2 nitrogen and oxygen atoms in total. The summed E-state index contributed by atoms with van der Waals surface area (Å²) in [6, 6.07) is 0. The molecule has 0 atom stereocenters. The smallest absolute Gasteiger partial charge is 0.00341 e. The van der Waals surface area contributed by atoms with Crippen molar-refractivity contribution in [2.45, 2.75) is 6.42 Å². The lowest BCUT2D eigenvalue weighted by Gasteiger charge is -2.38. The second kappa shape index (κ2) is 4.21. The Labute approximate surface area is 68.2 Å². The molecule has 1 aliphatic heterocycles. The topological polar surface area (TPSA) is 29.3 Å². The first-order valence-electron chi connectivity index (χ1n) is 3.90. The van der Waals surface area contributed by atoms with E-state index >= 15 is 0 Å². The summed E-state index contributed by atoms with van der Waals surface area (Å²) in [5.74, 6) is 1.78. The fraction of sp³-hybridized carbons (Fsp3) is 1.00. The van der Waals surface area contributed by atoms with Gasteiger partial charge in [-0.3, -0.25) is 0 Å². The summed E-state index contributed by atoms with van der Waals surface area (Å²) in [5.41, 5.74) is 5.48. The number of nitrogens with two attached hydrogens (primary N) is 1. The van der Waals surface area contributed by atoms with Gasteiger partial charge in [-0.2, -0.15) is 12.6 Å². The van der Waals surface area contributed by atoms with Gasteiger partial charge in [-0.25, -0.2) is 0 Å². The van der Waals surface area contributed by atoms with E-state index in [1.807, 2.05) is 0 Å². The molecule has 1 aliphatic rings. The van der Waals surface area contributed by atoms with Gasteiger partial charge in [0, 0.05) is 13.1 Å². The van der Waals surface area contributed by atoms with E-state index in [-0.39, 0.29) is 0 Å². The fourth-order valence-electron chi connectivity index (χ4n) is 1.30. The lowest BCUT2D eigenvalue weighted by Crippen LogP contribution is -2.49. The predicted octanol–water partition coefficient (Wildman–Crippen LogP) is 0.197. The molecule has 0 spiro atoms. The molecular formula is C7H16N2S. The maximum atomic E-state index is 5.48. The molecule has 0 aromatic heterocycles. The maximum Gasteiger partial charge on any atom is 0.00341 e. The number of rotatable bonds is 4. The van der Waals surface area contributed by atoms with E-state index in [4.69, 9.17) is 5.73 Å². The van der Waals surface area contributed by atoms with Crippen molar-refractivity contribution in [3.63, 3.8) is 0 Å². The molecule has 1 rings (SSSR count). The van der Waals surface area contributed by atoms with E-state index in [1.165, 1.54) is 26.1 Å². The highest BCUT2D eigenvalue weighted by atomic mass is 32.1. The summed E-state index contributed by atoms with van der Waals surface area (Å²) < 4.78 is 0. The quantitative estimate of drug-likeness (QED) is 0.575. The van der Waals surface area contributed by atoms with Gasteiger partial charge < -0.3 is 10.6 Å². The molecule has 3 heteroatoms. The normalized spacial score (nSPS) is 21.0. The highest BCUT2D eigenvalue weighted by Crippen LogP contribution is 2.13. The molecule has 0 aromatic rings. The molecule has 60 valence electrons. The third-order valence-corrected chi connectivity index (χ3v) is 2.31. The van der Waals surface area contributed by atoms with Gasteiger partial charge in [-0.15, -0.1) is 0 Å². The van der Waals surface area contributed by atoms with Crippen LogP contribution in [0.15, 0.2) is 0 Å². The van der Waals surface area contributed by atoms with E-state index in [9.17, 15) is 0 Å². The van der Waals surface area contributed by atoms with E-state index < -0.39 is 0 Å². The Kier molecular flexibility index (Phi) is 3.52. The average Bonchev–Trinajstić information content (AvgIpc) is 1.86. The minimum Gasteiger partial charge on any atom is -0.330 e. The van der Waals surface area contributed by atoms with Crippen molar-refractivity contribution in [2.75, 3.05) is 31.9 Å². The molecular weight excluding hydrogens is 144 g/mol. The number of thiol groups is 1. The highest BCUT2D eigenvalue weighted by molar-refractivity contribution is 7.80. The Balaban J connectivity index is 1.93. The lowest BCUT2D eigenvalue weighted by atomic mass is 10.0. The van der Waals surface area contributed by atoms with Crippen LogP contribution in [0.4, 0.5) is 0 Å². The monoisotopic (exact) mass is 160 g/mol. The van der Waals surface area contributed by atoms with Crippen LogP contribution in [0.3, 0.4) is 0 Å². The first-order chi connectivity index (χ1) is 4.86. The van der Waals surface area contributed by atoms with Crippen LogP contribution in [0.1, 0.15) is 6.42 Å². The van der Waals surface area contributed by atoms with Crippen molar-refractivity contribution < 1.29 is 0 Å². The average molecular weight is 160 g/mol. The summed E-state index contributed by atoms with van der Waals surface area (Å²) in [7, 11) is 0. The third kappa shape index (κ3) is 2.15. The Morgan fingerprint density at radius 3 is 2.70 bits per heavy atom. The zero-order chi connectivity index (χ0) is 7.40. The van der Waals surface area contributed by atoms with Crippen molar-refractivity contribution in [1.82, 2.24) is 4.90 Å². The van der Waals surface area contributed by atoms with E-state index in [0.717, 1.165) is 18.2 Å². The second-order valence-corrected chi connectivity index (χ2v) is 3.39. The van der Waals surface area contributed by atoms with Crippen LogP contribution in [0.5, 0.6) is 0 Å². The van der Waals surface area contributed by atoms with Gasteiger partial charge in [0.25, 0.3) is 0 Å². The van der Waals surface area contributed by atoms with Crippen LogP contribution in [-0.4, -0.2) is 36.8 Å². The molecule has 1 heterocycles. The molecule has 0 unspecified atom stereocenters. The number of hydrogen-bond donors (Lipinski definition) is 2. The lowest BCUT2D eigenvalue weighted by molar-refractivity contribution is 0.107. The van der Waals surface area contributed by atoms with Gasteiger partial charge in [-0.1, -0.05) is 0 Å². The van der Waals surface area contributed by atoms with Gasteiger partial charge in [0.05, 0.1) is 0 Å². The van der Waals surface area contributed by atoms with Crippen LogP contribution in [0.2, 0.25) is 0 Å². The molecule has 0 bridgehead atoms. The van der Waals surface area contributed by atoms with Gasteiger partial charge in [0.1, 0.15) is 0 Å². The SMILES string of the molecule is NCC1CN(CCCS)C1. The zero-order valence-electron chi connectivity index (χ0n) is 6.29. The number of likely N-dealkylation sites (tertiary alicyclic amines) is 1. The van der Waals surface area contributed by atoms with Gasteiger partial charge in [0.15, 0.2) is 0 Å². The largest absolute Gasteiger partial charge is 0.330 e. The summed E-state index contributed by atoms with van der Waals surface area (Å²) in [4.78, 5) is 2.44. The zero-order valence-corrected chi connectivity index (χ0v) is 7.19. The van der Waals surface area contributed by atoms with Gasteiger partial charge in [-0.05, 0) is 31.2 Å². The van der Waals surface area contributed by atoms with Crippen LogP contribution >= 0.6 is 12.6 Å². The van der Waals surface area contributed by atoms with Gasteiger partial charge in [0.2, 0.25) is 0 Å². The highest BCUT2D eigenvalue weighted by Gasteiger charge is 2.23. The van der Waals surface area contributed by atoms with E-state index in [0.29, 0.717) is 0 Å². The Morgan fingerprint density at radius 2 is 2.20 bits per heavy atom. The minimum atomic E-state index is 0.778. The van der Waals surface area contributed by atoms with Crippen molar-refractivity contribution in [2.24, 2.45) is 11.7 Å². The second-order valence-electron chi connectivity index (χ2n) is 2.94. The van der Waals surface area contributed by atoms with E-state index in [1.54, 1.807) is 0 Å². The summed E-state index contributed by atoms with van der Waals surface area (Å²) in [5, 5.41) is 0. The standard InChI is InChI=1S/C7H16N2S/c8-4-7-5-9(6-7)2-1-3-10/h7,10H,1-6,8H2. The Bertz CT molecular complexity index is 88.9. The minimum absolute atomic E-state index is 0.778. The molecule has 0 saturated carbocycles. The molecule has 10 heavy (non-hydrogen) atoms. The Morgan fingerprint density at radius 1 is 1.50 bits per heavy atom. The molecule has 1 fully saturated rings. The summed E-state index contributed by atoms with van der Waals surface area (Å²) >= 11 is 4.15. The molecule has 0 amide bonds. The molecule has 1 saturated heterocycles. The molecule has 0 radical (unpaired) electrons. The molecule has 2 N–H and O–H groups in total. The fourth-order valence-corrected chi connectivity index (χ4v) is 1.44. The first-order valence-corrected chi connectivity index (χ1v) is 4.53. The van der Waals surface area contributed by atoms with E-state index in [2.05, 4.69) is 17.5 Å². The Hall–Kier alpha value is 0.270. The van der Waals surface area contributed by atoms with Crippen molar-refractivity contribution in [3.8, 4) is 0 Å². The summed E-state index contributed by atoms with van der Waals surface area (Å²) in [6.45, 7) is 4.49. The van der Waals surface area contributed by atoms with Crippen molar-refractivity contribution >= 4 is 12.6 Å². The van der Waals surface area contributed by atoms with Gasteiger partial charge >= 0.3 is 0 Å².